The number of methoxy groups -OCH3 is 1. The molecule has 0 radical (unpaired) electrons. The van der Waals surface area contributed by atoms with Gasteiger partial charge in [0.25, 0.3) is 11.7 Å². The van der Waals surface area contributed by atoms with Gasteiger partial charge < -0.3 is 24.8 Å². The van der Waals surface area contributed by atoms with Gasteiger partial charge in [-0.05, 0) is 30.3 Å². The lowest BCUT2D eigenvalue weighted by Gasteiger charge is -2.33. The molecule has 0 bridgehead atoms. The summed E-state index contributed by atoms with van der Waals surface area (Å²) in [7, 11) is 1.67. The summed E-state index contributed by atoms with van der Waals surface area (Å²) in [6.45, 7) is 5.22. The molecule has 2 heterocycles. The minimum atomic E-state index is -0.545. The quantitative estimate of drug-likeness (QED) is 0.401. The largest absolute Gasteiger partial charge is 0.497 e. The number of fused-ring (bicyclic) bond motifs is 1. The van der Waals surface area contributed by atoms with Crippen molar-refractivity contribution in [2.75, 3.05) is 51.3 Å². The SMILES string of the molecule is COc1ccc(N2CC[NH+](CCNC(=O)C(=O)c3c[nH]c4ccccc34)CC2)cc1. The molecule has 3 N–H and O–H groups in total. The van der Waals surface area contributed by atoms with Crippen LogP contribution in [-0.2, 0) is 4.79 Å². The summed E-state index contributed by atoms with van der Waals surface area (Å²) in [5.41, 5.74) is 2.48. The summed E-state index contributed by atoms with van der Waals surface area (Å²) in [6, 6.07) is 15.6. The molecular formula is C23H27N4O3+. The highest BCUT2D eigenvalue weighted by atomic mass is 16.5. The van der Waals surface area contributed by atoms with Crippen molar-refractivity contribution in [1.29, 1.82) is 0 Å². The first-order chi connectivity index (χ1) is 14.7. The number of para-hydroxylation sites is 1. The van der Waals surface area contributed by atoms with Crippen LogP contribution in [0.2, 0.25) is 0 Å². The summed E-state index contributed by atoms with van der Waals surface area (Å²) < 4.78 is 5.22. The number of nitrogens with zero attached hydrogens (tertiary/aromatic N) is 1. The molecule has 1 fully saturated rings. The first-order valence-corrected chi connectivity index (χ1v) is 10.3. The maximum atomic E-state index is 12.5. The van der Waals surface area contributed by atoms with Gasteiger partial charge in [0.1, 0.15) is 5.75 Å². The highest BCUT2D eigenvalue weighted by molar-refractivity contribution is 6.44. The second kappa shape index (κ2) is 9.00. The molecule has 3 aromatic rings. The molecule has 7 nitrogen and oxygen atoms in total. The number of aromatic nitrogens is 1. The summed E-state index contributed by atoms with van der Waals surface area (Å²) in [6.07, 6.45) is 1.61. The number of amides is 1. The van der Waals surface area contributed by atoms with E-state index in [0.717, 1.165) is 49.4 Å². The van der Waals surface area contributed by atoms with E-state index in [1.165, 1.54) is 10.6 Å². The Morgan fingerprint density at radius 1 is 1.10 bits per heavy atom. The number of rotatable bonds is 7. The lowest BCUT2D eigenvalue weighted by atomic mass is 10.1. The van der Waals surface area contributed by atoms with Crippen molar-refractivity contribution in [1.82, 2.24) is 10.3 Å². The lowest BCUT2D eigenvalue weighted by Crippen LogP contribution is -3.15. The molecule has 0 spiro atoms. The number of carbonyl (C=O) groups excluding carboxylic acids is 2. The number of aromatic amines is 1. The Hall–Kier alpha value is -3.32. The zero-order chi connectivity index (χ0) is 20.9. The summed E-state index contributed by atoms with van der Waals surface area (Å²) >= 11 is 0. The Balaban J connectivity index is 1.23. The molecule has 0 atom stereocenters. The number of piperazine rings is 1. The van der Waals surface area contributed by atoms with Gasteiger partial charge in [-0.3, -0.25) is 9.59 Å². The van der Waals surface area contributed by atoms with Crippen LogP contribution in [0, 0.1) is 0 Å². The Labute approximate surface area is 175 Å². The number of carbonyl (C=O) groups is 2. The van der Waals surface area contributed by atoms with Crippen LogP contribution in [0.3, 0.4) is 0 Å². The van der Waals surface area contributed by atoms with E-state index in [2.05, 4.69) is 27.3 Å². The van der Waals surface area contributed by atoms with Gasteiger partial charge in [0, 0.05) is 22.8 Å². The molecule has 1 aromatic heterocycles. The van der Waals surface area contributed by atoms with Gasteiger partial charge in [0.2, 0.25) is 0 Å². The maximum Gasteiger partial charge on any atom is 0.292 e. The maximum absolute atomic E-state index is 12.5. The third kappa shape index (κ3) is 4.31. The normalized spacial score (nSPS) is 14.6. The van der Waals surface area contributed by atoms with E-state index in [-0.39, 0.29) is 0 Å². The average molecular weight is 407 g/mol. The fraction of sp³-hybridized carbons (Fsp3) is 0.304. The van der Waals surface area contributed by atoms with Crippen molar-refractivity contribution < 1.29 is 19.2 Å². The molecular weight excluding hydrogens is 380 g/mol. The zero-order valence-electron chi connectivity index (χ0n) is 17.1. The third-order valence-electron chi connectivity index (χ3n) is 5.71. The molecule has 1 aliphatic rings. The van der Waals surface area contributed by atoms with Crippen LogP contribution < -0.4 is 19.9 Å². The minimum absolute atomic E-state index is 0.420. The number of hydrogen-bond donors (Lipinski definition) is 3. The lowest BCUT2D eigenvalue weighted by molar-refractivity contribution is -0.899. The van der Waals surface area contributed by atoms with Gasteiger partial charge in [-0.1, -0.05) is 18.2 Å². The molecule has 4 rings (SSSR count). The molecule has 2 aromatic carbocycles. The number of anilines is 1. The molecule has 156 valence electrons. The number of nitrogens with one attached hydrogen (secondary N) is 3. The Kier molecular flexibility index (Phi) is 5.99. The monoisotopic (exact) mass is 407 g/mol. The number of ether oxygens (including phenoxy) is 1. The van der Waals surface area contributed by atoms with Crippen LogP contribution >= 0.6 is 0 Å². The predicted octanol–water partition coefficient (Wildman–Crippen LogP) is 0.881. The predicted molar refractivity (Wildman–Crippen MR) is 116 cm³/mol. The Bertz CT molecular complexity index is 1020. The standard InChI is InChI=1S/C23H26N4O3/c1-30-18-8-6-17(7-9-18)27-14-12-26(13-15-27)11-10-24-23(29)22(28)20-16-25-21-5-3-2-4-19(20)21/h2-9,16,25H,10-15H2,1H3,(H,24,29)/p+1. The molecule has 0 saturated carbocycles. The molecule has 0 unspecified atom stereocenters. The number of Topliss-reactive ketones (excluding diaryl/α,β-unsaturated/α-hetero) is 1. The van der Waals surface area contributed by atoms with Crippen LogP contribution in [-0.4, -0.2) is 63.1 Å². The number of ketones is 1. The number of quaternary nitrogens is 1. The summed E-state index contributed by atoms with van der Waals surface area (Å²) in [5.74, 6) is -0.177. The number of H-pyrrole nitrogens is 1. The summed E-state index contributed by atoms with van der Waals surface area (Å²) in [4.78, 5) is 31.6. The van der Waals surface area contributed by atoms with Crippen LogP contribution in [0.5, 0.6) is 5.75 Å². The second-order valence-electron chi connectivity index (χ2n) is 7.52. The van der Waals surface area contributed by atoms with Gasteiger partial charge >= 0.3 is 0 Å². The van der Waals surface area contributed by atoms with E-state index in [1.54, 1.807) is 13.3 Å². The van der Waals surface area contributed by atoms with Gasteiger partial charge in [-0.25, -0.2) is 0 Å². The van der Waals surface area contributed by atoms with E-state index in [4.69, 9.17) is 4.74 Å². The van der Waals surface area contributed by atoms with Crippen molar-refractivity contribution in [3.63, 3.8) is 0 Å². The molecule has 1 amide bonds. The minimum Gasteiger partial charge on any atom is -0.497 e. The number of hydrogen-bond acceptors (Lipinski definition) is 4. The third-order valence-corrected chi connectivity index (χ3v) is 5.71. The summed E-state index contributed by atoms with van der Waals surface area (Å²) in [5, 5.41) is 3.56. The fourth-order valence-corrected chi connectivity index (χ4v) is 3.94. The topological polar surface area (TPSA) is 78.9 Å². The molecule has 0 aliphatic carbocycles. The first kappa shape index (κ1) is 20.0. The molecule has 1 saturated heterocycles. The molecule has 30 heavy (non-hydrogen) atoms. The highest BCUT2D eigenvalue weighted by Crippen LogP contribution is 2.19. The smallest absolute Gasteiger partial charge is 0.292 e. The van der Waals surface area contributed by atoms with E-state index in [1.807, 2.05) is 36.4 Å². The van der Waals surface area contributed by atoms with Gasteiger partial charge in [0.05, 0.1) is 51.9 Å². The highest BCUT2D eigenvalue weighted by Gasteiger charge is 2.22. The van der Waals surface area contributed by atoms with E-state index in [9.17, 15) is 9.59 Å². The molecule has 7 heteroatoms. The van der Waals surface area contributed by atoms with Crippen molar-refractivity contribution >= 4 is 28.3 Å². The fourth-order valence-electron chi connectivity index (χ4n) is 3.94. The first-order valence-electron chi connectivity index (χ1n) is 10.3. The van der Waals surface area contributed by atoms with Crippen molar-refractivity contribution in [2.24, 2.45) is 0 Å². The Morgan fingerprint density at radius 3 is 2.57 bits per heavy atom. The molecule has 1 aliphatic heterocycles. The van der Waals surface area contributed by atoms with Gasteiger partial charge in [-0.15, -0.1) is 0 Å². The van der Waals surface area contributed by atoms with Crippen molar-refractivity contribution in [2.45, 2.75) is 0 Å². The van der Waals surface area contributed by atoms with Gasteiger partial charge in [-0.2, -0.15) is 0 Å². The van der Waals surface area contributed by atoms with Gasteiger partial charge in [0.15, 0.2) is 0 Å². The number of benzene rings is 2. The van der Waals surface area contributed by atoms with Crippen LogP contribution in [0.25, 0.3) is 10.9 Å². The average Bonchev–Trinajstić information content (AvgIpc) is 3.23. The van der Waals surface area contributed by atoms with Crippen molar-refractivity contribution in [3.8, 4) is 5.75 Å². The van der Waals surface area contributed by atoms with E-state index >= 15 is 0 Å². The second-order valence-corrected chi connectivity index (χ2v) is 7.52. The van der Waals surface area contributed by atoms with Crippen LogP contribution in [0.15, 0.2) is 54.7 Å². The van der Waals surface area contributed by atoms with Crippen LogP contribution in [0.4, 0.5) is 5.69 Å². The van der Waals surface area contributed by atoms with Crippen LogP contribution in [0.1, 0.15) is 10.4 Å². The van der Waals surface area contributed by atoms with E-state index < -0.39 is 11.7 Å². The zero-order valence-corrected chi connectivity index (χ0v) is 17.1. The van der Waals surface area contributed by atoms with Crippen molar-refractivity contribution in [3.05, 3.63) is 60.3 Å². The van der Waals surface area contributed by atoms with E-state index in [0.29, 0.717) is 12.1 Å². The Morgan fingerprint density at radius 2 is 1.83 bits per heavy atom.